The first kappa shape index (κ1) is 14.0. The number of hydrogen-bond donors (Lipinski definition) is 3. The quantitative estimate of drug-likeness (QED) is 0.696. The number of allylic oxidation sites excluding steroid dienone is 4. The van der Waals surface area contributed by atoms with Crippen molar-refractivity contribution in [2.45, 2.75) is 38.1 Å². The molecule has 4 nitrogen and oxygen atoms in total. The summed E-state index contributed by atoms with van der Waals surface area (Å²) in [4.78, 5) is 11.5. The smallest absolute Gasteiger partial charge is 0.310 e. The van der Waals surface area contributed by atoms with Crippen LogP contribution in [0.15, 0.2) is 34.9 Å². The summed E-state index contributed by atoms with van der Waals surface area (Å²) in [6, 6.07) is 0.596. The van der Waals surface area contributed by atoms with Crippen LogP contribution in [0.1, 0.15) is 32.1 Å². The van der Waals surface area contributed by atoms with Crippen LogP contribution in [0.5, 0.6) is 0 Å². The average molecular weight is 312 g/mol. The van der Waals surface area contributed by atoms with Gasteiger partial charge in [-0.25, -0.2) is 0 Å². The molecular weight excluding hydrogens is 288 g/mol. The fraction of sp³-hybridized carbons (Fsp3) is 0.632. The molecular formula is C19H24N2O2. The highest BCUT2D eigenvalue weighted by molar-refractivity contribution is 5.75. The van der Waals surface area contributed by atoms with Gasteiger partial charge in [-0.3, -0.25) is 15.6 Å². The van der Waals surface area contributed by atoms with Crippen LogP contribution < -0.4 is 10.9 Å². The van der Waals surface area contributed by atoms with E-state index in [4.69, 9.17) is 0 Å². The van der Waals surface area contributed by atoms with Gasteiger partial charge in [-0.05, 0) is 61.0 Å². The highest BCUT2D eigenvalue weighted by atomic mass is 16.4. The molecule has 1 saturated heterocycles. The Hall–Kier alpha value is -1.39. The summed E-state index contributed by atoms with van der Waals surface area (Å²) in [6.45, 7) is 1.03. The molecule has 122 valence electrons. The van der Waals surface area contributed by atoms with E-state index in [9.17, 15) is 9.90 Å². The lowest BCUT2D eigenvalue weighted by molar-refractivity contribution is -0.140. The molecule has 5 aliphatic rings. The topological polar surface area (TPSA) is 61.4 Å². The van der Waals surface area contributed by atoms with E-state index < -0.39 is 5.97 Å². The molecule has 4 aliphatic carbocycles. The molecule has 0 radical (unpaired) electrons. The average Bonchev–Trinajstić information content (AvgIpc) is 3.18. The lowest BCUT2D eigenvalue weighted by atomic mass is 9.62. The molecule has 1 heterocycles. The maximum Gasteiger partial charge on any atom is 0.310 e. The van der Waals surface area contributed by atoms with Crippen molar-refractivity contribution in [3.63, 3.8) is 0 Å². The van der Waals surface area contributed by atoms with E-state index in [1.54, 1.807) is 5.57 Å². The molecule has 3 fully saturated rings. The number of carbonyl (C=O) groups is 1. The van der Waals surface area contributed by atoms with Gasteiger partial charge in [-0.15, -0.1) is 0 Å². The van der Waals surface area contributed by atoms with Crippen LogP contribution in [0.4, 0.5) is 0 Å². The van der Waals surface area contributed by atoms with Crippen LogP contribution in [-0.4, -0.2) is 23.7 Å². The van der Waals surface area contributed by atoms with E-state index in [1.165, 1.54) is 30.4 Å². The zero-order valence-corrected chi connectivity index (χ0v) is 13.3. The monoisotopic (exact) mass is 312 g/mol. The Kier molecular flexibility index (Phi) is 3.07. The molecule has 3 N–H and O–H groups in total. The third kappa shape index (κ3) is 2.01. The van der Waals surface area contributed by atoms with Crippen molar-refractivity contribution in [3.05, 3.63) is 34.9 Å². The van der Waals surface area contributed by atoms with Gasteiger partial charge >= 0.3 is 5.97 Å². The molecule has 0 aromatic heterocycles. The molecule has 1 aliphatic heterocycles. The first-order valence-electron chi connectivity index (χ1n) is 9.07. The maximum absolute atomic E-state index is 11.5. The van der Waals surface area contributed by atoms with Crippen LogP contribution >= 0.6 is 0 Å². The Morgan fingerprint density at radius 1 is 1.09 bits per heavy atom. The molecule has 6 unspecified atom stereocenters. The molecule has 6 atom stereocenters. The van der Waals surface area contributed by atoms with Crippen molar-refractivity contribution in [2.24, 2.45) is 29.6 Å². The van der Waals surface area contributed by atoms with Gasteiger partial charge in [0, 0.05) is 18.5 Å². The van der Waals surface area contributed by atoms with Crippen LogP contribution in [0.3, 0.4) is 0 Å². The Morgan fingerprint density at radius 3 is 2.83 bits per heavy atom. The van der Waals surface area contributed by atoms with Gasteiger partial charge in [-0.2, -0.15) is 0 Å². The Morgan fingerprint density at radius 2 is 1.96 bits per heavy atom. The van der Waals surface area contributed by atoms with Gasteiger partial charge in [-0.1, -0.05) is 23.8 Å². The maximum atomic E-state index is 11.5. The number of nitrogens with one attached hydrogen (secondary N) is 2. The summed E-state index contributed by atoms with van der Waals surface area (Å²) in [5.74, 6) is 1.49. The Balaban J connectivity index is 1.52. The van der Waals surface area contributed by atoms with Crippen LogP contribution in [0, 0.1) is 29.6 Å². The second-order valence-corrected chi connectivity index (χ2v) is 7.90. The standard InChI is InChI=1S/C19H24N2O2/c22-19(23)16-6-5-13-12-2-1-10-8-18-11(9-20-21-18)7-17(10)15(12)4-3-14(13)16/h3-4,7,10-13,16,18,20-21H,1-2,5-6,8-9H2,(H,22,23). The molecule has 4 heteroatoms. The molecule has 2 saturated carbocycles. The first-order valence-corrected chi connectivity index (χ1v) is 9.07. The van der Waals surface area contributed by atoms with Crippen molar-refractivity contribution in [3.8, 4) is 0 Å². The van der Waals surface area contributed by atoms with Gasteiger partial charge in [0.2, 0.25) is 0 Å². The van der Waals surface area contributed by atoms with Gasteiger partial charge in [0.15, 0.2) is 0 Å². The van der Waals surface area contributed by atoms with Gasteiger partial charge < -0.3 is 5.11 Å². The fourth-order valence-corrected chi connectivity index (χ4v) is 5.82. The summed E-state index contributed by atoms with van der Waals surface area (Å²) in [7, 11) is 0. The molecule has 5 rings (SSSR count). The first-order chi connectivity index (χ1) is 11.2. The van der Waals surface area contributed by atoms with Gasteiger partial charge in [0.25, 0.3) is 0 Å². The van der Waals surface area contributed by atoms with Crippen molar-refractivity contribution < 1.29 is 9.90 Å². The highest BCUT2D eigenvalue weighted by Gasteiger charge is 2.46. The molecule has 0 spiro atoms. The number of hydrazine groups is 1. The largest absolute Gasteiger partial charge is 0.481 e. The van der Waals surface area contributed by atoms with E-state index in [0.717, 1.165) is 19.4 Å². The van der Waals surface area contributed by atoms with Crippen LogP contribution in [0.2, 0.25) is 0 Å². The second-order valence-electron chi connectivity index (χ2n) is 7.90. The number of rotatable bonds is 1. The van der Waals surface area contributed by atoms with Gasteiger partial charge in [0.1, 0.15) is 0 Å². The van der Waals surface area contributed by atoms with Gasteiger partial charge in [0.05, 0.1) is 5.92 Å². The number of carboxylic acid groups (broad SMARTS) is 1. The zero-order valence-electron chi connectivity index (χ0n) is 13.3. The fourth-order valence-electron chi connectivity index (χ4n) is 5.82. The summed E-state index contributed by atoms with van der Waals surface area (Å²) in [5.41, 5.74) is 11.1. The minimum Gasteiger partial charge on any atom is -0.481 e. The Labute approximate surface area is 136 Å². The highest BCUT2D eigenvalue weighted by Crippen LogP contribution is 2.54. The predicted molar refractivity (Wildman–Crippen MR) is 87.3 cm³/mol. The lowest BCUT2D eigenvalue weighted by Gasteiger charge is -2.43. The molecule has 0 aromatic rings. The van der Waals surface area contributed by atoms with Crippen molar-refractivity contribution >= 4 is 5.97 Å². The lowest BCUT2D eigenvalue weighted by Crippen LogP contribution is -2.39. The van der Waals surface area contributed by atoms with E-state index in [2.05, 4.69) is 29.1 Å². The summed E-state index contributed by atoms with van der Waals surface area (Å²) < 4.78 is 0. The summed E-state index contributed by atoms with van der Waals surface area (Å²) in [6.07, 6.45) is 12.6. The molecule has 0 bridgehead atoms. The predicted octanol–water partition coefficient (Wildman–Crippen LogP) is 2.41. The Bertz CT molecular complexity index is 648. The zero-order chi connectivity index (χ0) is 15.6. The van der Waals surface area contributed by atoms with Crippen molar-refractivity contribution in [1.82, 2.24) is 10.9 Å². The van der Waals surface area contributed by atoms with Crippen molar-refractivity contribution in [1.29, 1.82) is 0 Å². The van der Waals surface area contributed by atoms with Crippen LogP contribution in [0.25, 0.3) is 0 Å². The molecule has 0 amide bonds. The SMILES string of the molecule is O=C(O)C1CCC2C1=CC=C1C3=CC4CNNC4CC3CCC12. The number of hydrogen-bond acceptors (Lipinski definition) is 3. The number of carboxylic acids is 1. The third-order valence-electron chi connectivity index (χ3n) is 6.91. The molecule has 23 heavy (non-hydrogen) atoms. The summed E-state index contributed by atoms with van der Waals surface area (Å²) in [5, 5.41) is 9.45. The molecule has 0 aromatic carbocycles. The summed E-state index contributed by atoms with van der Waals surface area (Å²) >= 11 is 0. The van der Waals surface area contributed by atoms with E-state index >= 15 is 0 Å². The van der Waals surface area contributed by atoms with Crippen molar-refractivity contribution in [2.75, 3.05) is 6.54 Å². The van der Waals surface area contributed by atoms with Crippen LogP contribution in [-0.2, 0) is 4.79 Å². The minimum absolute atomic E-state index is 0.233. The van der Waals surface area contributed by atoms with E-state index in [-0.39, 0.29) is 5.92 Å². The third-order valence-corrected chi connectivity index (χ3v) is 6.91. The number of aliphatic carboxylic acids is 1. The normalized spacial score (nSPS) is 44.3. The second kappa shape index (κ2) is 5.05. The number of fused-ring (bicyclic) bond motifs is 6. The minimum atomic E-state index is -0.632. The van der Waals surface area contributed by atoms with E-state index in [1.807, 2.05) is 0 Å². The van der Waals surface area contributed by atoms with E-state index in [0.29, 0.717) is 29.7 Å².